The molecule has 0 radical (unpaired) electrons. The molecule has 8 aromatic carbocycles. The fourth-order valence-corrected chi connectivity index (χ4v) is 7.92. The van der Waals surface area contributed by atoms with Crippen LogP contribution in [0.3, 0.4) is 0 Å². The van der Waals surface area contributed by atoms with E-state index in [9.17, 15) is 0 Å². The molecule has 10 rings (SSSR count). The van der Waals surface area contributed by atoms with E-state index >= 15 is 0 Å². The highest BCUT2D eigenvalue weighted by atomic mass is 15.0. The number of para-hydroxylation sites is 4. The lowest BCUT2D eigenvalue weighted by molar-refractivity contribution is 1.17. The quantitative estimate of drug-likeness (QED) is 0.178. The van der Waals surface area contributed by atoms with Gasteiger partial charge in [-0.05, 0) is 58.7 Å². The van der Waals surface area contributed by atoms with E-state index in [0.29, 0.717) is 0 Å². The number of rotatable bonds is 5. The highest BCUT2D eigenvalue weighted by Gasteiger charge is 2.18. The second-order valence-electron chi connectivity index (χ2n) is 12.9. The van der Waals surface area contributed by atoms with Gasteiger partial charge in [-0.25, -0.2) is 0 Å². The minimum Gasteiger partial charge on any atom is -0.309 e. The average molecular weight is 637 g/mol. The van der Waals surface area contributed by atoms with Crippen LogP contribution in [-0.4, -0.2) is 9.13 Å². The normalized spacial score (nSPS) is 11.6. The molecule has 0 aliphatic carbocycles. The Morgan fingerprint density at radius 2 is 0.620 bits per heavy atom. The van der Waals surface area contributed by atoms with E-state index in [2.05, 4.69) is 203 Å². The molecule has 2 heterocycles. The lowest BCUT2D eigenvalue weighted by Gasteiger charge is -2.15. The van der Waals surface area contributed by atoms with Crippen LogP contribution >= 0.6 is 0 Å². The van der Waals surface area contributed by atoms with Gasteiger partial charge in [-0.2, -0.15) is 0 Å². The van der Waals surface area contributed by atoms with Gasteiger partial charge in [-0.1, -0.05) is 158 Å². The van der Waals surface area contributed by atoms with Gasteiger partial charge in [0.25, 0.3) is 0 Å². The molecule has 0 aliphatic rings. The summed E-state index contributed by atoms with van der Waals surface area (Å²) < 4.78 is 4.89. The standard InChI is InChI=1S/C48H32N2/c1-3-15-33(16-4-1)39-25-13-27-43-41-23-7-9-29-45(41)49(47(39)43)37-21-11-19-35(31-37)36-20-12-22-38(32-36)50-46-30-10-8-24-42(46)44-28-14-26-40(48(44)50)34-17-5-2-6-18-34/h1-32H. The van der Waals surface area contributed by atoms with E-state index in [1.54, 1.807) is 0 Å². The van der Waals surface area contributed by atoms with Gasteiger partial charge in [0.15, 0.2) is 0 Å². The summed E-state index contributed by atoms with van der Waals surface area (Å²) in [5.74, 6) is 0. The van der Waals surface area contributed by atoms with Gasteiger partial charge >= 0.3 is 0 Å². The van der Waals surface area contributed by atoms with Crippen molar-refractivity contribution in [2.45, 2.75) is 0 Å². The third-order valence-corrected chi connectivity index (χ3v) is 10.1. The predicted octanol–water partition coefficient (Wildman–Crippen LogP) is 12.9. The zero-order chi connectivity index (χ0) is 33.0. The van der Waals surface area contributed by atoms with Crippen LogP contribution in [0.1, 0.15) is 0 Å². The largest absolute Gasteiger partial charge is 0.309 e. The van der Waals surface area contributed by atoms with Crippen LogP contribution in [0.25, 0.3) is 88.4 Å². The molecule has 0 atom stereocenters. The van der Waals surface area contributed by atoms with Crippen molar-refractivity contribution in [1.29, 1.82) is 0 Å². The molecule has 0 unspecified atom stereocenters. The van der Waals surface area contributed by atoms with Crippen LogP contribution in [0.15, 0.2) is 194 Å². The molecule has 2 heteroatoms. The molecule has 0 aliphatic heterocycles. The molecule has 0 N–H and O–H groups in total. The van der Waals surface area contributed by atoms with E-state index in [1.807, 2.05) is 0 Å². The average Bonchev–Trinajstić information content (AvgIpc) is 3.72. The highest BCUT2D eigenvalue weighted by molar-refractivity contribution is 6.15. The van der Waals surface area contributed by atoms with Crippen LogP contribution in [0.5, 0.6) is 0 Å². The molecule has 0 amide bonds. The zero-order valence-corrected chi connectivity index (χ0v) is 27.4. The molecule has 2 nitrogen and oxygen atoms in total. The Morgan fingerprint density at radius 1 is 0.260 bits per heavy atom. The molecule has 0 saturated heterocycles. The van der Waals surface area contributed by atoms with Crippen molar-refractivity contribution < 1.29 is 0 Å². The maximum Gasteiger partial charge on any atom is 0.0619 e. The van der Waals surface area contributed by atoms with Gasteiger partial charge in [0.1, 0.15) is 0 Å². The first-order valence-electron chi connectivity index (χ1n) is 17.2. The minimum atomic E-state index is 1.14. The van der Waals surface area contributed by atoms with E-state index in [4.69, 9.17) is 0 Å². The monoisotopic (exact) mass is 636 g/mol. The SMILES string of the molecule is c1ccc(-c2cccc3c4ccccc4n(-c4cccc(-c5cccc(-n6c7ccccc7c7cccc(-c8ccccc8)c76)c5)c4)c23)cc1. The van der Waals surface area contributed by atoms with Crippen LogP contribution in [0, 0.1) is 0 Å². The summed E-state index contributed by atoms with van der Waals surface area (Å²) in [7, 11) is 0. The van der Waals surface area contributed by atoms with Crippen molar-refractivity contribution in [2.24, 2.45) is 0 Å². The molecular formula is C48H32N2. The Morgan fingerprint density at radius 3 is 1.08 bits per heavy atom. The Bertz CT molecular complexity index is 2660. The summed E-state index contributed by atoms with van der Waals surface area (Å²) in [4.78, 5) is 0. The number of nitrogens with zero attached hydrogens (tertiary/aromatic N) is 2. The van der Waals surface area contributed by atoms with Crippen LogP contribution in [0.4, 0.5) is 0 Å². The summed E-state index contributed by atoms with van der Waals surface area (Å²) in [6.07, 6.45) is 0. The van der Waals surface area contributed by atoms with Crippen LogP contribution < -0.4 is 0 Å². The lowest BCUT2D eigenvalue weighted by atomic mass is 10.0. The van der Waals surface area contributed by atoms with Gasteiger partial charge in [0.2, 0.25) is 0 Å². The maximum absolute atomic E-state index is 2.44. The van der Waals surface area contributed by atoms with E-state index in [1.165, 1.54) is 77.0 Å². The number of aromatic nitrogens is 2. The first kappa shape index (κ1) is 28.4. The van der Waals surface area contributed by atoms with E-state index in [-0.39, 0.29) is 0 Å². The summed E-state index contributed by atoms with van der Waals surface area (Å²) in [6, 6.07) is 70.4. The van der Waals surface area contributed by atoms with Gasteiger partial charge < -0.3 is 9.13 Å². The Kier molecular flexibility index (Phi) is 6.53. The molecule has 50 heavy (non-hydrogen) atoms. The van der Waals surface area contributed by atoms with Crippen molar-refractivity contribution in [3.8, 4) is 44.8 Å². The first-order valence-corrected chi connectivity index (χ1v) is 17.2. The summed E-state index contributed by atoms with van der Waals surface area (Å²) in [6.45, 7) is 0. The first-order chi connectivity index (χ1) is 24.8. The van der Waals surface area contributed by atoms with Crippen molar-refractivity contribution in [3.63, 3.8) is 0 Å². The maximum atomic E-state index is 2.44. The third-order valence-electron chi connectivity index (χ3n) is 10.1. The molecule has 0 fully saturated rings. The summed E-state index contributed by atoms with van der Waals surface area (Å²) in [5.41, 5.74) is 14.4. The van der Waals surface area contributed by atoms with Crippen LogP contribution in [-0.2, 0) is 0 Å². The topological polar surface area (TPSA) is 9.86 Å². The van der Waals surface area contributed by atoms with Crippen molar-refractivity contribution >= 4 is 43.6 Å². The summed E-state index contributed by atoms with van der Waals surface area (Å²) in [5, 5.41) is 5.03. The van der Waals surface area contributed by atoms with Crippen molar-refractivity contribution in [2.75, 3.05) is 0 Å². The van der Waals surface area contributed by atoms with Crippen molar-refractivity contribution in [1.82, 2.24) is 9.13 Å². The Balaban J connectivity index is 1.18. The highest BCUT2D eigenvalue weighted by Crippen LogP contribution is 2.41. The van der Waals surface area contributed by atoms with Gasteiger partial charge in [0, 0.05) is 44.0 Å². The minimum absolute atomic E-state index is 1.14. The van der Waals surface area contributed by atoms with E-state index < -0.39 is 0 Å². The smallest absolute Gasteiger partial charge is 0.0619 e. The summed E-state index contributed by atoms with van der Waals surface area (Å²) >= 11 is 0. The fraction of sp³-hybridized carbons (Fsp3) is 0. The molecule has 0 saturated carbocycles. The molecule has 10 aromatic rings. The molecule has 234 valence electrons. The number of benzene rings is 8. The Labute approximate surface area is 290 Å². The second kappa shape index (κ2) is 11.5. The predicted molar refractivity (Wildman–Crippen MR) is 211 cm³/mol. The number of fused-ring (bicyclic) bond motifs is 6. The number of hydrogen-bond donors (Lipinski definition) is 0. The van der Waals surface area contributed by atoms with E-state index in [0.717, 1.165) is 11.4 Å². The molecule has 0 spiro atoms. The van der Waals surface area contributed by atoms with Crippen LogP contribution in [0.2, 0.25) is 0 Å². The number of hydrogen-bond acceptors (Lipinski definition) is 0. The Hall–Kier alpha value is -6.64. The second-order valence-corrected chi connectivity index (χ2v) is 12.9. The third kappa shape index (κ3) is 4.43. The zero-order valence-electron chi connectivity index (χ0n) is 27.4. The molecule has 2 aromatic heterocycles. The molecular weight excluding hydrogens is 605 g/mol. The van der Waals surface area contributed by atoms with Gasteiger partial charge in [-0.3, -0.25) is 0 Å². The fourth-order valence-electron chi connectivity index (χ4n) is 7.92. The van der Waals surface area contributed by atoms with Gasteiger partial charge in [-0.15, -0.1) is 0 Å². The lowest BCUT2D eigenvalue weighted by Crippen LogP contribution is -1.97. The molecule has 0 bridgehead atoms. The van der Waals surface area contributed by atoms with Gasteiger partial charge in [0.05, 0.1) is 22.1 Å². The van der Waals surface area contributed by atoms with Crippen molar-refractivity contribution in [3.05, 3.63) is 194 Å².